The van der Waals surface area contributed by atoms with Gasteiger partial charge in [0, 0.05) is 18.0 Å². The Kier molecular flexibility index (Phi) is 2.33. The Balaban J connectivity index is 2.50. The van der Waals surface area contributed by atoms with Crippen LogP contribution in [0.5, 0.6) is 0 Å². The standard InChI is InChI=1S/C10H14N2OS/c1-6(13)9-7-5-12(2)4-3-8(7)14-10(9)11/h3-5,11H2,1-2H3. The summed E-state index contributed by atoms with van der Waals surface area (Å²) in [6.45, 7) is 3.51. The molecule has 1 aromatic heterocycles. The van der Waals surface area contributed by atoms with Gasteiger partial charge in [-0.05, 0) is 26.0 Å². The highest BCUT2D eigenvalue weighted by atomic mass is 32.1. The summed E-state index contributed by atoms with van der Waals surface area (Å²) in [6, 6.07) is 0. The molecule has 3 nitrogen and oxygen atoms in total. The van der Waals surface area contributed by atoms with Crippen LogP contribution in [0, 0.1) is 0 Å². The van der Waals surface area contributed by atoms with Gasteiger partial charge in [0.1, 0.15) is 0 Å². The van der Waals surface area contributed by atoms with Crippen molar-refractivity contribution in [1.82, 2.24) is 4.90 Å². The molecule has 76 valence electrons. The number of likely N-dealkylation sites (N-methyl/N-ethyl adjacent to an activating group) is 1. The van der Waals surface area contributed by atoms with Gasteiger partial charge >= 0.3 is 0 Å². The topological polar surface area (TPSA) is 46.3 Å². The summed E-state index contributed by atoms with van der Waals surface area (Å²) < 4.78 is 0. The lowest BCUT2D eigenvalue weighted by Crippen LogP contribution is -2.26. The van der Waals surface area contributed by atoms with Gasteiger partial charge in [-0.3, -0.25) is 4.79 Å². The fraction of sp³-hybridized carbons (Fsp3) is 0.500. The number of thiophene rings is 1. The minimum Gasteiger partial charge on any atom is -0.390 e. The van der Waals surface area contributed by atoms with Crippen molar-refractivity contribution in [2.24, 2.45) is 0 Å². The van der Waals surface area contributed by atoms with Crippen molar-refractivity contribution < 1.29 is 4.79 Å². The maximum absolute atomic E-state index is 11.4. The molecule has 0 saturated heterocycles. The molecule has 1 aliphatic rings. The maximum atomic E-state index is 11.4. The van der Waals surface area contributed by atoms with Crippen LogP contribution in [0.1, 0.15) is 27.7 Å². The van der Waals surface area contributed by atoms with Gasteiger partial charge in [0.25, 0.3) is 0 Å². The SMILES string of the molecule is CC(=O)c1c(N)sc2c1CN(C)CC2. The first kappa shape index (κ1) is 9.68. The molecule has 0 saturated carbocycles. The van der Waals surface area contributed by atoms with Crippen LogP contribution in [-0.2, 0) is 13.0 Å². The van der Waals surface area contributed by atoms with E-state index in [0.717, 1.165) is 30.6 Å². The van der Waals surface area contributed by atoms with E-state index >= 15 is 0 Å². The largest absolute Gasteiger partial charge is 0.390 e. The Morgan fingerprint density at radius 1 is 1.57 bits per heavy atom. The molecule has 2 N–H and O–H groups in total. The van der Waals surface area contributed by atoms with Gasteiger partial charge in [-0.1, -0.05) is 0 Å². The molecule has 0 aromatic carbocycles. The number of fused-ring (bicyclic) bond motifs is 1. The number of anilines is 1. The molecular formula is C10H14N2OS. The maximum Gasteiger partial charge on any atom is 0.163 e. The quantitative estimate of drug-likeness (QED) is 0.715. The summed E-state index contributed by atoms with van der Waals surface area (Å²) in [4.78, 5) is 14.9. The number of hydrogen-bond acceptors (Lipinski definition) is 4. The van der Waals surface area contributed by atoms with Crippen LogP contribution in [0.2, 0.25) is 0 Å². The number of hydrogen-bond donors (Lipinski definition) is 1. The van der Waals surface area contributed by atoms with E-state index in [0.29, 0.717) is 5.00 Å². The average Bonchev–Trinajstić information content (AvgIpc) is 2.40. The normalized spacial score (nSPS) is 16.7. The Labute approximate surface area is 87.5 Å². The van der Waals surface area contributed by atoms with Gasteiger partial charge in [-0.15, -0.1) is 11.3 Å². The van der Waals surface area contributed by atoms with Crippen LogP contribution < -0.4 is 5.73 Å². The summed E-state index contributed by atoms with van der Waals surface area (Å²) in [5.41, 5.74) is 7.77. The number of ketones is 1. The van der Waals surface area contributed by atoms with Crippen molar-refractivity contribution in [2.45, 2.75) is 19.9 Å². The highest BCUT2D eigenvalue weighted by molar-refractivity contribution is 7.16. The number of Topliss-reactive ketones (excluding diaryl/α,β-unsaturated/α-hetero) is 1. The second-order valence-electron chi connectivity index (χ2n) is 3.79. The molecule has 0 amide bonds. The van der Waals surface area contributed by atoms with E-state index in [1.165, 1.54) is 4.88 Å². The molecule has 4 heteroatoms. The molecule has 1 aliphatic heterocycles. The van der Waals surface area contributed by atoms with E-state index in [1.807, 2.05) is 0 Å². The van der Waals surface area contributed by atoms with Gasteiger partial charge in [-0.2, -0.15) is 0 Å². The van der Waals surface area contributed by atoms with Gasteiger partial charge < -0.3 is 10.6 Å². The second kappa shape index (κ2) is 3.37. The smallest absolute Gasteiger partial charge is 0.163 e. The van der Waals surface area contributed by atoms with Gasteiger partial charge in [0.2, 0.25) is 0 Å². The van der Waals surface area contributed by atoms with Crippen molar-refractivity contribution in [3.63, 3.8) is 0 Å². The lowest BCUT2D eigenvalue weighted by Gasteiger charge is -2.22. The highest BCUT2D eigenvalue weighted by Gasteiger charge is 2.23. The molecular weight excluding hydrogens is 196 g/mol. The van der Waals surface area contributed by atoms with Crippen molar-refractivity contribution >= 4 is 22.1 Å². The number of carbonyl (C=O) groups is 1. The average molecular weight is 210 g/mol. The second-order valence-corrected chi connectivity index (χ2v) is 4.92. The predicted molar refractivity (Wildman–Crippen MR) is 58.8 cm³/mol. The predicted octanol–water partition coefficient (Wildman–Crippen LogP) is 1.52. The van der Waals surface area contributed by atoms with E-state index in [9.17, 15) is 4.79 Å². The summed E-state index contributed by atoms with van der Waals surface area (Å²) >= 11 is 1.58. The first-order chi connectivity index (χ1) is 6.59. The zero-order valence-corrected chi connectivity index (χ0v) is 9.28. The van der Waals surface area contributed by atoms with Crippen molar-refractivity contribution in [2.75, 3.05) is 19.3 Å². The van der Waals surface area contributed by atoms with Crippen LogP contribution >= 0.6 is 11.3 Å². The molecule has 1 aromatic rings. The first-order valence-electron chi connectivity index (χ1n) is 4.69. The van der Waals surface area contributed by atoms with E-state index < -0.39 is 0 Å². The van der Waals surface area contributed by atoms with E-state index in [-0.39, 0.29) is 5.78 Å². The Hall–Kier alpha value is -0.870. The molecule has 0 aliphatic carbocycles. The molecule has 0 unspecified atom stereocenters. The third-order valence-electron chi connectivity index (χ3n) is 2.62. The third-order valence-corrected chi connectivity index (χ3v) is 3.74. The molecule has 0 fully saturated rings. The molecule has 2 rings (SSSR count). The van der Waals surface area contributed by atoms with E-state index in [4.69, 9.17) is 5.73 Å². The highest BCUT2D eigenvalue weighted by Crippen LogP contribution is 2.34. The molecule has 14 heavy (non-hydrogen) atoms. The summed E-state index contributed by atoms with van der Waals surface area (Å²) in [7, 11) is 2.07. The molecule has 0 atom stereocenters. The van der Waals surface area contributed by atoms with E-state index in [1.54, 1.807) is 18.3 Å². The van der Waals surface area contributed by atoms with Crippen molar-refractivity contribution in [1.29, 1.82) is 0 Å². The zero-order valence-electron chi connectivity index (χ0n) is 8.46. The lowest BCUT2D eigenvalue weighted by atomic mass is 10.0. The van der Waals surface area contributed by atoms with Crippen molar-refractivity contribution in [3.8, 4) is 0 Å². The van der Waals surface area contributed by atoms with Crippen LogP contribution in [0.15, 0.2) is 0 Å². The minimum absolute atomic E-state index is 0.0929. The van der Waals surface area contributed by atoms with Crippen LogP contribution in [0.4, 0.5) is 5.00 Å². The number of nitrogen functional groups attached to an aromatic ring is 1. The fourth-order valence-electron chi connectivity index (χ4n) is 1.93. The molecule has 0 bridgehead atoms. The van der Waals surface area contributed by atoms with Gasteiger partial charge in [-0.25, -0.2) is 0 Å². The molecule has 0 radical (unpaired) electrons. The fourth-order valence-corrected chi connectivity index (χ4v) is 3.05. The lowest BCUT2D eigenvalue weighted by molar-refractivity contribution is 0.101. The van der Waals surface area contributed by atoms with Crippen LogP contribution in [-0.4, -0.2) is 24.3 Å². The Bertz CT molecular complexity index is 384. The number of nitrogens with two attached hydrogens (primary N) is 1. The summed E-state index contributed by atoms with van der Waals surface area (Å²) in [6.07, 6.45) is 1.02. The number of carbonyl (C=O) groups excluding carboxylic acids is 1. The van der Waals surface area contributed by atoms with Crippen molar-refractivity contribution in [3.05, 3.63) is 16.0 Å². The van der Waals surface area contributed by atoms with Gasteiger partial charge in [0.05, 0.1) is 10.6 Å². The van der Waals surface area contributed by atoms with Crippen LogP contribution in [0.25, 0.3) is 0 Å². The van der Waals surface area contributed by atoms with Gasteiger partial charge in [0.15, 0.2) is 5.78 Å². The Morgan fingerprint density at radius 3 is 2.93 bits per heavy atom. The first-order valence-corrected chi connectivity index (χ1v) is 5.50. The number of nitrogens with zero attached hydrogens (tertiary/aromatic N) is 1. The molecule has 0 spiro atoms. The minimum atomic E-state index is 0.0929. The van der Waals surface area contributed by atoms with Crippen LogP contribution in [0.3, 0.4) is 0 Å². The summed E-state index contributed by atoms with van der Waals surface area (Å²) in [5, 5.41) is 0.692. The number of rotatable bonds is 1. The third kappa shape index (κ3) is 1.44. The van der Waals surface area contributed by atoms with E-state index in [2.05, 4.69) is 11.9 Å². The monoisotopic (exact) mass is 210 g/mol. The summed E-state index contributed by atoms with van der Waals surface area (Å²) in [5.74, 6) is 0.0929. The Morgan fingerprint density at radius 2 is 2.29 bits per heavy atom. The zero-order chi connectivity index (χ0) is 10.3. The molecule has 2 heterocycles.